The Kier molecular flexibility index (Phi) is 5.51. The molecule has 0 fully saturated rings. The van der Waals surface area contributed by atoms with E-state index >= 15 is 0 Å². The lowest BCUT2D eigenvalue weighted by Crippen LogP contribution is -2.31. The molecule has 0 aliphatic rings. The largest absolute Gasteiger partial charge is 0.465 e. The number of hydrogen-bond donors (Lipinski definition) is 2. The van der Waals surface area contributed by atoms with Crippen LogP contribution in [0.1, 0.15) is 26.3 Å². The molecule has 3 aromatic rings. The second-order valence-corrected chi connectivity index (χ2v) is 5.79. The number of pyridine rings is 1. The Balaban J connectivity index is 1.58. The van der Waals surface area contributed by atoms with Crippen LogP contribution in [0, 0.1) is 0 Å². The second kappa shape index (κ2) is 8.18. The van der Waals surface area contributed by atoms with Crippen molar-refractivity contribution < 1.29 is 18.7 Å². The molecule has 2 N–H and O–H groups in total. The fourth-order valence-electron chi connectivity index (χ4n) is 2.57. The van der Waals surface area contributed by atoms with Crippen molar-refractivity contribution >= 4 is 11.9 Å². The minimum Gasteiger partial charge on any atom is -0.465 e. The number of amides is 1. The molecule has 138 valence electrons. The zero-order valence-corrected chi connectivity index (χ0v) is 14.7. The van der Waals surface area contributed by atoms with Crippen LogP contribution in [0.25, 0.3) is 11.5 Å². The fraction of sp³-hybridized carbons (Fsp3) is 0.150. The minimum atomic E-state index is -0.483. The van der Waals surface area contributed by atoms with Crippen LogP contribution in [0.5, 0.6) is 0 Å². The minimum absolute atomic E-state index is 0.0337. The van der Waals surface area contributed by atoms with Crippen molar-refractivity contribution in [2.45, 2.75) is 6.42 Å². The van der Waals surface area contributed by atoms with E-state index in [1.807, 2.05) is 0 Å². The summed E-state index contributed by atoms with van der Waals surface area (Å²) in [5, 5.41) is 2.72. The number of aromatic amines is 1. The quantitative estimate of drug-likeness (QED) is 0.652. The van der Waals surface area contributed by atoms with Gasteiger partial charge in [0.15, 0.2) is 0 Å². The molecule has 0 unspecified atom stereocenters. The van der Waals surface area contributed by atoms with Crippen molar-refractivity contribution in [3.8, 4) is 11.5 Å². The highest BCUT2D eigenvalue weighted by atomic mass is 16.5. The predicted octanol–water partition coefficient (Wildman–Crippen LogP) is 2.39. The summed E-state index contributed by atoms with van der Waals surface area (Å²) in [6.07, 6.45) is 2.07. The molecule has 0 bridgehead atoms. The number of nitrogens with one attached hydrogen (secondary N) is 2. The van der Waals surface area contributed by atoms with E-state index in [-0.39, 0.29) is 5.56 Å². The highest BCUT2D eigenvalue weighted by Crippen LogP contribution is 2.15. The summed E-state index contributed by atoms with van der Waals surface area (Å²) in [5.74, 6) is -0.324. The van der Waals surface area contributed by atoms with Crippen LogP contribution in [-0.4, -0.2) is 30.5 Å². The Hall–Kier alpha value is -3.61. The molecule has 7 heteroatoms. The Bertz CT molecular complexity index is 988. The molecular formula is C20H18N2O5. The van der Waals surface area contributed by atoms with Crippen molar-refractivity contribution in [2.24, 2.45) is 0 Å². The number of hydrogen-bond acceptors (Lipinski definition) is 5. The number of esters is 1. The fourth-order valence-corrected chi connectivity index (χ4v) is 2.57. The summed E-state index contributed by atoms with van der Waals surface area (Å²) in [6, 6.07) is 13.5. The van der Waals surface area contributed by atoms with Crippen LogP contribution in [-0.2, 0) is 11.2 Å². The van der Waals surface area contributed by atoms with Gasteiger partial charge in [-0.05, 0) is 48.4 Å². The van der Waals surface area contributed by atoms with Gasteiger partial charge in [0.25, 0.3) is 11.5 Å². The van der Waals surface area contributed by atoms with Gasteiger partial charge >= 0.3 is 5.97 Å². The number of ether oxygens (including phenoxy) is 1. The van der Waals surface area contributed by atoms with E-state index in [2.05, 4.69) is 15.0 Å². The van der Waals surface area contributed by atoms with Gasteiger partial charge in [-0.3, -0.25) is 9.59 Å². The Morgan fingerprint density at radius 3 is 2.52 bits per heavy atom. The summed E-state index contributed by atoms with van der Waals surface area (Å²) >= 11 is 0. The standard InChI is InChI=1S/C20H18N2O5/c1-26-20(25)14-6-4-13(5-7-14)10-11-21-18(23)15-8-9-16(22-19(15)24)17-3-2-12-27-17/h2-9,12H,10-11H2,1H3,(H,21,23)(H,22,24). The van der Waals surface area contributed by atoms with Gasteiger partial charge < -0.3 is 19.5 Å². The first-order chi connectivity index (χ1) is 13.1. The van der Waals surface area contributed by atoms with Crippen molar-refractivity contribution in [1.82, 2.24) is 10.3 Å². The average Bonchev–Trinajstić information content (AvgIpc) is 3.22. The molecule has 27 heavy (non-hydrogen) atoms. The van der Waals surface area contributed by atoms with Crippen LogP contribution in [0.15, 0.2) is 64.0 Å². The first-order valence-electron chi connectivity index (χ1n) is 8.31. The normalized spacial score (nSPS) is 10.4. The molecule has 2 heterocycles. The third-order valence-corrected chi connectivity index (χ3v) is 4.02. The number of rotatable bonds is 6. The molecule has 0 saturated heterocycles. The van der Waals surface area contributed by atoms with E-state index in [0.717, 1.165) is 5.56 Å². The van der Waals surface area contributed by atoms with Crippen LogP contribution < -0.4 is 10.9 Å². The van der Waals surface area contributed by atoms with E-state index < -0.39 is 17.4 Å². The maximum Gasteiger partial charge on any atom is 0.337 e. The molecule has 1 amide bonds. The summed E-state index contributed by atoms with van der Waals surface area (Å²) in [5.41, 5.74) is 1.47. The Morgan fingerprint density at radius 2 is 1.89 bits per heavy atom. The first kappa shape index (κ1) is 18.2. The van der Waals surface area contributed by atoms with Gasteiger partial charge in [0, 0.05) is 6.54 Å². The van der Waals surface area contributed by atoms with Gasteiger partial charge in [-0.15, -0.1) is 0 Å². The van der Waals surface area contributed by atoms with Crippen molar-refractivity contribution in [3.05, 3.63) is 81.8 Å². The number of furan rings is 1. The molecule has 0 aliphatic carbocycles. The highest BCUT2D eigenvalue weighted by Gasteiger charge is 2.12. The smallest absolute Gasteiger partial charge is 0.337 e. The van der Waals surface area contributed by atoms with Crippen molar-refractivity contribution in [2.75, 3.05) is 13.7 Å². The molecule has 2 aromatic heterocycles. The van der Waals surface area contributed by atoms with Crippen LogP contribution in [0.4, 0.5) is 0 Å². The number of benzene rings is 1. The second-order valence-electron chi connectivity index (χ2n) is 5.79. The van der Waals surface area contributed by atoms with E-state index in [9.17, 15) is 14.4 Å². The van der Waals surface area contributed by atoms with Crippen LogP contribution >= 0.6 is 0 Å². The number of aromatic nitrogens is 1. The maximum absolute atomic E-state index is 12.2. The van der Waals surface area contributed by atoms with Gasteiger partial charge in [-0.1, -0.05) is 12.1 Å². The molecule has 3 rings (SSSR count). The monoisotopic (exact) mass is 366 g/mol. The molecule has 0 atom stereocenters. The third-order valence-electron chi connectivity index (χ3n) is 4.02. The Morgan fingerprint density at radius 1 is 1.11 bits per heavy atom. The molecule has 0 aliphatic heterocycles. The van der Waals surface area contributed by atoms with E-state index in [0.29, 0.717) is 30.0 Å². The van der Waals surface area contributed by atoms with Crippen LogP contribution in [0.3, 0.4) is 0 Å². The Labute approximate surface area is 155 Å². The average molecular weight is 366 g/mol. The highest BCUT2D eigenvalue weighted by molar-refractivity contribution is 5.94. The number of H-pyrrole nitrogens is 1. The molecule has 1 aromatic carbocycles. The number of methoxy groups -OCH3 is 1. The molecule has 0 radical (unpaired) electrons. The summed E-state index contributed by atoms with van der Waals surface area (Å²) < 4.78 is 9.87. The molecular weight excluding hydrogens is 348 g/mol. The first-order valence-corrected chi connectivity index (χ1v) is 8.31. The van der Waals surface area contributed by atoms with Crippen LogP contribution in [0.2, 0.25) is 0 Å². The molecule has 7 nitrogen and oxygen atoms in total. The maximum atomic E-state index is 12.2. The van der Waals surface area contributed by atoms with Gasteiger partial charge in [-0.25, -0.2) is 4.79 Å². The summed E-state index contributed by atoms with van der Waals surface area (Å²) in [7, 11) is 1.33. The lowest BCUT2D eigenvalue weighted by atomic mass is 10.1. The topological polar surface area (TPSA) is 101 Å². The van der Waals surface area contributed by atoms with E-state index in [1.165, 1.54) is 19.4 Å². The number of carbonyl (C=O) groups is 2. The zero-order chi connectivity index (χ0) is 19.2. The SMILES string of the molecule is COC(=O)c1ccc(CCNC(=O)c2ccc(-c3ccco3)[nH]c2=O)cc1. The van der Waals surface area contributed by atoms with Gasteiger partial charge in [0.05, 0.1) is 24.6 Å². The number of carbonyl (C=O) groups excluding carboxylic acids is 2. The summed E-state index contributed by atoms with van der Waals surface area (Å²) in [4.78, 5) is 38.4. The van der Waals surface area contributed by atoms with E-state index in [1.54, 1.807) is 42.5 Å². The third kappa shape index (κ3) is 4.33. The van der Waals surface area contributed by atoms with Crippen molar-refractivity contribution in [3.63, 3.8) is 0 Å². The van der Waals surface area contributed by atoms with E-state index in [4.69, 9.17) is 4.42 Å². The van der Waals surface area contributed by atoms with Gasteiger partial charge in [-0.2, -0.15) is 0 Å². The molecule has 0 saturated carbocycles. The predicted molar refractivity (Wildman–Crippen MR) is 98.6 cm³/mol. The lowest BCUT2D eigenvalue weighted by molar-refractivity contribution is 0.0600. The molecule has 0 spiro atoms. The summed E-state index contributed by atoms with van der Waals surface area (Å²) in [6.45, 7) is 0.357. The van der Waals surface area contributed by atoms with Gasteiger partial charge in [0.1, 0.15) is 11.3 Å². The van der Waals surface area contributed by atoms with Crippen molar-refractivity contribution in [1.29, 1.82) is 0 Å². The van der Waals surface area contributed by atoms with Gasteiger partial charge in [0.2, 0.25) is 0 Å². The lowest BCUT2D eigenvalue weighted by Gasteiger charge is -2.06. The zero-order valence-electron chi connectivity index (χ0n) is 14.7.